The maximum atomic E-state index is 6.17. The van der Waals surface area contributed by atoms with Gasteiger partial charge < -0.3 is 4.74 Å². The average Bonchev–Trinajstić information content (AvgIpc) is 3.21. The molecule has 0 atom stereocenters. The summed E-state index contributed by atoms with van der Waals surface area (Å²) in [7, 11) is 0. The lowest BCUT2D eigenvalue weighted by Gasteiger charge is -2.23. The second-order valence-electron chi connectivity index (χ2n) is 12.7. The third kappa shape index (κ3) is 5.67. The van der Waals surface area contributed by atoms with E-state index in [-0.39, 0.29) is 0 Å². The van der Waals surface area contributed by atoms with Crippen molar-refractivity contribution in [3.05, 3.63) is 194 Å². The van der Waals surface area contributed by atoms with Gasteiger partial charge in [0.15, 0.2) is 0 Å². The number of benzene rings is 7. The van der Waals surface area contributed by atoms with Crippen LogP contribution in [-0.4, -0.2) is 4.98 Å². The lowest BCUT2D eigenvalue weighted by Crippen LogP contribution is -2.06. The van der Waals surface area contributed by atoms with Crippen molar-refractivity contribution in [2.24, 2.45) is 0 Å². The van der Waals surface area contributed by atoms with Gasteiger partial charge in [-0.25, -0.2) is 4.98 Å². The minimum Gasteiger partial charge on any atom is -0.488 e. The summed E-state index contributed by atoms with van der Waals surface area (Å²) in [5, 5.41) is 0. The van der Waals surface area contributed by atoms with Gasteiger partial charge in [0.05, 0.1) is 11.4 Å². The van der Waals surface area contributed by atoms with Crippen LogP contribution in [-0.2, 0) is 6.61 Å². The Morgan fingerprint density at radius 3 is 1.50 bits per heavy atom. The minimum atomic E-state index is 0.596. The van der Waals surface area contributed by atoms with Gasteiger partial charge in [0.25, 0.3) is 0 Å². The van der Waals surface area contributed by atoms with E-state index in [0.29, 0.717) is 6.61 Å². The predicted octanol–water partition coefficient (Wildman–Crippen LogP) is 12.6. The van der Waals surface area contributed by atoms with Crippen LogP contribution in [0.5, 0.6) is 5.75 Å². The van der Waals surface area contributed by atoms with Crippen LogP contribution in [0.4, 0.5) is 0 Å². The molecule has 2 heteroatoms. The Labute approximate surface area is 293 Å². The summed E-state index contributed by atoms with van der Waals surface area (Å²) in [4.78, 5) is 5.26. The van der Waals surface area contributed by atoms with Crippen molar-refractivity contribution >= 4 is 0 Å². The zero-order chi connectivity index (χ0) is 33.3. The summed E-state index contributed by atoms with van der Waals surface area (Å²) in [6.45, 7) is 0.596. The van der Waals surface area contributed by atoms with Crippen molar-refractivity contribution in [2.45, 2.75) is 6.61 Å². The molecule has 50 heavy (non-hydrogen) atoms. The third-order valence-corrected chi connectivity index (χ3v) is 9.60. The van der Waals surface area contributed by atoms with E-state index >= 15 is 0 Å². The number of rotatable bonds is 6. The van der Waals surface area contributed by atoms with Crippen LogP contribution >= 0.6 is 0 Å². The second kappa shape index (κ2) is 12.8. The number of nitrogens with zero attached hydrogens (tertiary/aromatic N) is 1. The summed E-state index contributed by atoms with van der Waals surface area (Å²) in [6, 6.07) is 66.7. The Bertz CT molecular complexity index is 2450. The number of pyridine rings is 1. The van der Waals surface area contributed by atoms with Crippen molar-refractivity contribution in [3.8, 4) is 83.9 Å². The van der Waals surface area contributed by atoms with E-state index in [1.807, 2.05) is 0 Å². The topological polar surface area (TPSA) is 22.1 Å². The first-order valence-electron chi connectivity index (χ1n) is 17.1. The van der Waals surface area contributed by atoms with Gasteiger partial charge in [0.2, 0.25) is 0 Å². The van der Waals surface area contributed by atoms with Gasteiger partial charge in [0.1, 0.15) is 12.4 Å². The number of fused-ring (bicyclic) bond motifs is 3. The molecule has 9 rings (SSSR count). The highest BCUT2D eigenvalue weighted by Crippen LogP contribution is 2.44. The monoisotopic (exact) mass is 639 g/mol. The third-order valence-electron chi connectivity index (χ3n) is 9.60. The fourth-order valence-electron chi connectivity index (χ4n) is 7.00. The number of aromatic nitrogens is 1. The first kappa shape index (κ1) is 29.6. The molecule has 8 aromatic rings. The zero-order valence-corrected chi connectivity index (χ0v) is 27.5. The molecule has 0 bridgehead atoms. The maximum absolute atomic E-state index is 6.17. The molecular weight excluding hydrogens is 607 g/mol. The van der Waals surface area contributed by atoms with E-state index in [0.717, 1.165) is 50.5 Å². The molecule has 1 aliphatic heterocycles. The van der Waals surface area contributed by atoms with E-state index in [9.17, 15) is 0 Å². The Morgan fingerprint density at radius 2 is 0.820 bits per heavy atom. The molecule has 0 N–H and O–H groups in total. The largest absolute Gasteiger partial charge is 0.488 e. The number of hydrogen-bond donors (Lipinski definition) is 0. The molecule has 0 saturated heterocycles. The fourth-order valence-corrected chi connectivity index (χ4v) is 7.00. The summed E-state index contributed by atoms with van der Waals surface area (Å²) in [6.07, 6.45) is 0. The summed E-state index contributed by atoms with van der Waals surface area (Å²) in [5.41, 5.74) is 17.0. The zero-order valence-electron chi connectivity index (χ0n) is 27.5. The standard InChI is InChI=1S/C48H33NO/c1-3-11-33(12-4-1)35-21-25-37(26-22-35)45-30-42(40-17-9-16-39(29-40)34-13-5-2-6-14-34)31-46(49-45)38-27-23-36(24-28-38)43-19-10-20-47-48(43)44-18-8-7-15-41(44)32-50-47/h1-31H,32H2. The molecule has 1 aliphatic rings. The Hall–Kier alpha value is -6.51. The highest BCUT2D eigenvalue weighted by molar-refractivity contribution is 5.90. The van der Waals surface area contributed by atoms with Crippen molar-refractivity contribution in [1.82, 2.24) is 4.98 Å². The second-order valence-corrected chi connectivity index (χ2v) is 12.7. The summed E-state index contributed by atoms with van der Waals surface area (Å²) in [5.74, 6) is 0.931. The highest BCUT2D eigenvalue weighted by atomic mass is 16.5. The summed E-state index contributed by atoms with van der Waals surface area (Å²) >= 11 is 0. The van der Waals surface area contributed by atoms with Crippen LogP contribution in [0.15, 0.2) is 188 Å². The molecule has 2 nitrogen and oxygen atoms in total. The molecule has 0 spiro atoms. The molecule has 0 saturated carbocycles. The first-order chi connectivity index (χ1) is 24.8. The molecule has 0 radical (unpaired) electrons. The molecule has 236 valence electrons. The van der Waals surface area contributed by atoms with Gasteiger partial charge in [-0.3, -0.25) is 0 Å². The number of ether oxygens (including phenoxy) is 1. The Kier molecular flexibility index (Phi) is 7.60. The van der Waals surface area contributed by atoms with Crippen LogP contribution in [0.2, 0.25) is 0 Å². The van der Waals surface area contributed by atoms with Crippen molar-refractivity contribution in [2.75, 3.05) is 0 Å². The quantitative estimate of drug-likeness (QED) is 0.181. The minimum absolute atomic E-state index is 0.596. The Balaban J connectivity index is 1.13. The molecular formula is C48H33NO. The fraction of sp³-hybridized carbons (Fsp3) is 0.0208. The van der Waals surface area contributed by atoms with Crippen molar-refractivity contribution < 1.29 is 4.74 Å². The van der Waals surface area contributed by atoms with E-state index in [1.165, 1.54) is 38.9 Å². The lowest BCUT2D eigenvalue weighted by molar-refractivity contribution is 0.302. The predicted molar refractivity (Wildman–Crippen MR) is 207 cm³/mol. The smallest absolute Gasteiger partial charge is 0.128 e. The average molecular weight is 640 g/mol. The van der Waals surface area contributed by atoms with E-state index in [4.69, 9.17) is 9.72 Å². The Morgan fingerprint density at radius 1 is 0.340 bits per heavy atom. The summed E-state index contributed by atoms with van der Waals surface area (Å²) < 4.78 is 6.17. The van der Waals surface area contributed by atoms with E-state index in [1.54, 1.807) is 0 Å². The van der Waals surface area contributed by atoms with Crippen LogP contribution in [0.1, 0.15) is 5.56 Å². The van der Waals surface area contributed by atoms with Crippen molar-refractivity contribution in [3.63, 3.8) is 0 Å². The molecule has 1 aromatic heterocycles. The van der Waals surface area contributed by atoms with Crippen LogP contribution in [0.3, 0.4) is 0 Å². The maximum Gasteiger partial charge on any atom is 0.128 e. The van der Waals surface area contributed by atoms with Gasteiger partial charge in [-0.05, 0) is 79.9 Å². The SMILES string of the molecule is c1ccc(-c2ccc(-c3cc(-c4cccc(-c5ccccc5)c4)cc(-c4ccc(-c5cccc6c5-c5ccccc5CO6)cc4)n3)cc2)cc1. The van der Waals surface area contributed by atoms with E-state index < -0.39 is 0 Å². The molecule has 0 unspecified atom stereocenters. The first-order valence-corrected chi connectivity index (χ1v) is 17.1. The molecule has 0 amide bonds. The van der Waals surface area contributed by atoms with Gasteiger partial charge in [-0.1, -0.05) is 164 Å². The van der Waals surface area contributed by atoms with Gasteiger partial charge >= 0.3 is 0 Å². The highest BCUT2D eigenvalue weighted by Gasteiger charge is 2.21. The van der Waals surface area contributed by atoms with Gasteiger partial charge in [0, 0.05) is 16.7 Å². The van der Waals surface area contributed by atoms with Crippen molar-refractivity contribution in [1.29, 1.82) is 0 Å². The number of hydrogen-bond acceptors (Lipinski definition) is 2. The van der Waals surface area contributed by atoms with Crippen LogP contribution < -0.4 is 4.74 Å². The lowest BCUT2D eigenvalue weighted by atomic mass is 9.89. The molecule has 0 aliphatic carbocycles. The molecule has 2 heterocycles. The van der Waals surface area contributed by atoms with Gasteiger partial charge in [-0.2, -0.15) is 0 Å². The van der Waals surface area contributed by atoms with E-state index in [2.05, 4.69) is 188 Å². The normalized spacial score (nSPS) is 11.7. The molecule has 7 aromatic carbocycles. The van der Waals surface area contributed by atoms with Gasteiger partial charge in [-0.15, -0.1) is 0 Å². The molecule has 0 fully saturated rings. The van der Waals surface area contributed by atoms with Crippen LogP contribution in [0, 0.1) is 0 Å². The van der Waals surface area contributed by atoms with Crippen LogP contribution in [0.25, 0.3) is 78.1 Å².